The monoisotopic (exact) mass is 222 g/mol. The van der Waals surface area contributed by atoms with E-state index in [1.807, 2.05) is 6.92 Å². The molecule has 1 aliphatic heterocycles. The van der Waals surface area contributed by atoms with Crippen LogP contribution >= 0.6 is 0 Å². The molecule has 0 amide bonds. The van der Waals surface area contributed by atoms with Crippen LogP contribution in [0.3, 0.4) is 0 Å². The summed E-state index contributed by atoms with van der Waals surface area (Å²) < 4.78 is 0. The van der Waals surface area contributed by atoms with Crippen molar-refractivity contribution in [1.82, 2.24) is 14.9 Å². The number of hydrogen-bond donors (Lipinski definition) is 2. The highest BCUT2D eigenvalue weighted by atomic mass is 15.3. The smallest absolute Gasteiger partial charge is 0.148 e. The third kappa shape index (κ3) is 2.07. The van der Waals surface area contributed by atoms with Gasteiger partial charge < -0.3 is 15.2 Å². The molecule has 88 valence electrons. The van der Waals surface area contributed by atoms with Crippen molar-refractivity contribution in [3.8, 4) is 0 Å². The Morgan fingerprint density at radius 1 is 1.25 bits per heavy atom. The number of hydrazine groups is 1. The molecule has 0 unspecified atom stereocenters. The molecule has 6 heteroatoms. The molecule has 0 radical (unpaired) electrons. The summed E-state index contributed by atoms with van der Waals surface area (Å²) >= 11 is 0. The second-order valence-corrected chi connectivity index (χ2v) is 4.11. The van der Waals surface area contributed by atoms with Crippen LogP contribution in [-0.4, -0.2) is 48.1 Å². The lowest BCUT2D eigenvalue weighted by Gasteiger charge is -2.34. The maximum atomic E-state index is 5.40. The van der Waals surface area contributed by atoms with Gasteiger partial charge in [0.05, 0.1) is 0 Å². The van der Waals surface area contributed by atoms with E-state index < -0.39 is 0 Å². The molecule has 6 nitrogen and oxygen atoms in total. The summed E-state index contributed by atoms with van der Waals surface area (Å²) in [6.07, 6.45) is 1.55. The largest absolute Gasteiger partial charge is 0.354 e. The van der Waals surface area contributed by atoms with Crippen molar-refractivity contribution in [1.29, 1.82) is 0 Å². The Balaban J connectivity index is 2.20. The fraction of sp³-hybridized carbons (Fsp3) is 0.600. The predicted molar refractivity (Wildman–Crippen MR) is 64.3 cm³/mol. The van der Waals surface area contributed by atoms with Crippen LogP contribution in [0.5, 0.6) is 0 Å². The normalized spacial score (nSPS) is 17.6. The summed E-state index contributed by atoms with van der Waals surface area (Å²) in [4.78, 5) is 13.0. The number of nitrogens with zero attached hydrogens (tertiary/aromatic N) is 4. The Labute approximate surface area is 95.4 Å². The summed E-state index contributed by atoms with van der Waals surface area (Å²) in [5.41, 5.74) is 3.60. The minimum Gasteiger partial charge on any atom is -0.354 e. The molecule has 16 heavy (non-hydrogen) atoms. The number of likely N-dealkylation sites (N-methyl/N-ethyl adjacent to an activating group) is 1. The molecule has 0 aliphatic carbocycles. The van der Waals surface area contributed by atoms with E-state index in [-0.39, 0.29) is 0 Å². The van der Waals surface area contributed by atoms with Gasteiger partial charge in [0.1, 0.15) is 18.0 Å². The van der Waals surface area contributed by atoms with Crippen LogP contribution in [0.1, 0.15) is 5.56 Å². The Hall–Kier alpha value is -1.40. The topological polar surface area (TPSA) is 70.3 Å². The molecule has 1 fully saturated rings. The summed E-state index contributed by atoms with van der Waals surface area (Å²) in [7, 11) is 2.14. The zero-order valence-corrected chi connectivity index (χ0v) is 9.77. The second-order valence-electron chi connectivity index (χ2n) is 4.11. The number of rotatable bonds is 2. The van der Waals surface area contributed by atoms with E-state index in [0.717, 1.165) is 37.6 Å². The average Bonchev–Trinajstić information content (AvgIpc) is 2.31. The molecule has 1 aromatic heterocycles. The fourth-order valence-corrected chi connectivity index (χ4v) is 1.92. The van der Waals surface area contributed by atoms with Crippen LogP contribution in [0.2, 0.25) is 0 Å². The van der Waals surface area contributed by atoms with Crippen molar-refractivity contribution in [3.05, 3.63) is 11.9 Å². The van der Waals surface area contributed by atoms with Crippen LogP contribution in [0.15, 0.2) is 6.33 Å². The summed E-state index contributed by atoms with van der Waals surface area (Å²) in [5, 5.41) is 0. The Morgan fingerprint density at radius 2 is 1.94 bits per heavy atom. The van der Waals surface area contributed by atoms with Gasteiger partial charge in [-0.05, 0) is 14.0 Å². The number of nitrogens with one attached hydrogen (secondary N) is 1. The number of nitrogens with two attached hydrogens (primary N) is 1. The van der Waals surface area contributed by atoms with Crippen LogP contribution in [0.4, 0.5) is 11.6 Å². The lowest BCUT2D eigenvalue weighted by Crippen LogP contribution is -2.45. The molecule has 3 N–H and O–H groups in total. The van der Waals surface area contributed by atoms with Crippen LogP contribution in [0, 0.1) is 6.92 Å². The van der Waals surface area contributed by atoms with Gasteiger partial charge in [0.15, 0.2) is 0 Å². The average molecular weight is 222 g/mol. The predicted octanol–water partition coefficient (Wildman–Crippen LogP) is -0.178. The lowest BCUT2D eigenvalue weighted by molar-refractivity contribution is 0.312. The first-order valence-corrected chi connectivity index (χ1v) is 5.44. The Bertz CT molecular complexity index is 358. The first-order chi connectivity index (χ1) is 7.72. The van der Waals surface area contributed by atoms with E-state index in [2.05, 4.69) is 32.2 Å². The molecule has 0 spiro atoms. The number of hydrogen-bond acceptors (Lipinski definition) is 6. The fourth-order valence-electron chi connectivity index (χ4n) is 1.92. The van der Waals surface area contributed by atoms with Crippen molar-refractivity contribution in [2.45, 2.75) is 6.92 Å². The molecule has 0 saturated carbocycles. The van der Waals surface area contributed by atoms with Crippen LogP contribution in [-0.2, 0) is 0 Å². The van der Waals surface area contributed by atoms with Gasteiger partial charge in [-0.25, -0.2) is 15.8 Å². The van der Waals surface area contributed by atoms with E-state index >= 15 is 0 Å². The molecule has 1 aliphatic rings. The number of piperazine rings is 1. The number of aromatic nitrogens is 2. The van der Waals surface area contributed by atoms with Gasteiger partial charge >= 0.3 is 0 Å². The molecular weight excluding hydrogens is 204 g/mol. The minimum atomic E-state index is 0.698. The first kappa shape index (κ1) is 11.1. The van der Waals surface area contributed by atoms with E-state index in [0.29, 0.717) is 5.82 Å². The molecule has 0 bridgehead atoms. The quantitative estimate of drug-likeness (QED) is 0.534. The van der Waals surface area contributed by atoms with E-state index in [9.17, 15) is 0 Å². The molecular formula is C10H18N6. The van der Waals surface area contributed by atoms with Gasteiger partial charge in [-0.3, -0.25) is 0 Å². The molecule has 2 rings (SSSR count). The molecule has 2 heterocycles. The van der Waals surface area contributed by atoms with Crippen molar-refractivity contribution < 1.29 is 0 Å². The highest BCUT2D eigenvalue weighted by Gasteiger charge is 2.18. The summed E-state index contributed by atoms with van der Waals surface area (Å²) in [6.45, 7) is 6.11. The molecule has 1 saturated heterocycles. The highest BCUT2D eigenvalue weighted by molar-refractivity contribution is 5.57. The van der Waals surface area contributed by atoms with Crippen molar-refractivity contribution in [2.75, 3.05) is 43.6 Å². The molecule has 0 atom stereocenters. The highest BCUT2D eigenvalue weighted by Crippen LogP contribution is 2.22. The maximum Gasteiger partial charge on any atom is 0.148 e. The standard InChI is InChI=1S/C10H18N6/c1-8-9(14-11)12-7-13-10(8)16-5-3-15(2)4-6-16/h7H,3-6,11H2,1-2H3,(H,12,13,14). The maximum absolute atomic E-state index is 5.40. The van der Waals surface area contributed by atoms with E-state index in [4.69, 9.17) is 5.84 Å². The van der Waals surface area contributed by atoms with E-state index in [1.165, 1.54) is 0 Å². The SMILES string of the molecule is Cc1c(NN)ncnc1N1CCN(C)CC1. The Kier molecular flexibility index (Phi) is 3.21. The number of nitrogen functional groups attached to an aromatic ring is 1. The van der Waals surface area contributed by atoms with Gasteiger partial charge in [0.2, 0.25) is 0 Å². The third-order valence-corrected chi connectivity index (χ3v) is 3.00. The summed E-state index contributed by atoms with van der Waals surface area (Å²) in [5.74, 6) is 7.08. The third-order valence-electron chi connectivity index (χ3n) is 3.00. The van der Waals surface area contributed by atoms with Crippen LogP contribution < -0.4 is 16.2 Å². The van der Waals surface area contributed by atoms with Gasteiger partial charge in [0.25, 0.3) is 0 Å². The van der Waals surface area contributed by atoms with E-state index in [1.54, 1.807) is 6.33 Å². The zero-order valence-electron chi connectivity index (χ0n) is 9.77. The van der Waals surface area contributed by atoms with Gasteiger partial charge in [-0.2, -0.15) is 0 Å². The minimum absolute atomic E-state index is 0.698. The molecule has 0 aromatic carbocycles. The lowest BCUT2D eigenvalue weighted by atomic mass is 10.2. The zero-order chi connectivity index (χ0) is 11.5. The van der Waals surface area contributed by atoms with Crippen molar-refractivity contribution in [3.63, 3.8) is 0 Å². The van der Waals surface area contributed by atoms with Gasteiger partial charge in [0, 0.05) is 31.7 Å². The molecule has 1 aromatic rings. The number of anilines is 2. The van der Waals surface area contributed by atoms with Crippen molar-refractivity contribution >= 4 is 11.6 Å². The van der Waals surface area contributed by atoms with Gasteiger partial charge in [-0.1, -0.05) is 0 Å². The van der Waals surface area contributed by atoms with Crippen molar-refractivity contribution in [2.24, 2.45) is 5.84 Å². The van der Waals surface area contributed by atoms with Gasteiger partial charge in [-0.15, -0.1) is 0 Å². The second kappa shape index (κ2) is 4.63. The first-order valence-electron chi connectivity index (χ1n) is 5.44. The Morgan fingerprint density at radius 3 is 2.56 bits per heavy atom. The summed E-state index contributed by atoms with van der Waals surface area (Å²) in [6, 6.07) is 0. The van der Waals surface area contributed by atoms with Crippen LogP contribution in [0.25, 0.3) is 0 Å².